The maximum Gasteiger partial charge on any atom is 0.260 e. The topological polar surface area (TPSA) is 55.6 Å². The van der Waals surface area contributed by atoms with Gasteiger partial charge >= 0.3 is 0 Å². The number of hydrogen-bond acceptors (Lipinski definition) is 4. The van der Waals surface area contributed by atoms with Crippen LogP contribution in [0, 0.1) is 6.92 Å². The van der Waals surface area contributed by atoms with E-state index in [4.69, 9.17) is 32.5 Å². The molecule has 22 heavy (non-hydrogen) atoms. The first-order valence-corrected chi connectivity index (χ1v) is 7.60. The number of carbonyl (C=O) groups excluding carboxylic acids is 1. The van der Waals surface area contributed by atoms with Crippen LogP contribution < -0.4 is 4.74 Å². The van der Waals surface area contributed by atoms with Crippen LogP contribution in [-0.2, 0) is 17.8 Å². The van der Waals surface area contributed by atoms with E-state index in [0.29, 0.717) is 28.9 Å². The third kappa shape index (κ3) is 3.05. The molecule has 0 radical (unpaired) electrons. The van der Waals surface area contributed by atoms with Crippen molar-refractivity contribution in [3.05, 3.63) is 45.3 Å². The Morgan fingerprint density at radius 3 is 3.05 bits per heavy atom. The fourth-order valence-electron chi connectivity index (χ4n) is 2.42. The summed E-state index contributed by atoms with van der Waals surface area (Å²) in [5.41, 5.74) is 2.00. The van der Waals surface area contributed by atoms with Gasteiger partial charge in [-0.25, -0.2) is 0 Å². The molecule has 0 atom stereocenters. The van der Waals surface area contributed by atoms with E-state index in [0.717, 1.165) is 23.4 Å². The van der Waals surface area contributed by atoms with Crippen molar-refractivity contribution in [3.63, 3.8) is 0 Å². The molecule has 7 heteroatoms. The van der Waals surface area contributed by atoms with Gasteiger partial charge in [-0.2, -0.15) is 0 Å². The van der Waals surface area contributed by atoms with E-state index in [9.17, 15) is 4.79 Å². The first kappa shape index (κ1) is 15.2. The second-order valence-electron chi connectivity index (χ2n) is 5.10. The quantitative estimate of drug-likeness (QED) is 0.860. The molecule has 2 aromatic rings. The number of carbonyl (C=O) groups is 1. The van der Waals surface area contributed by atoms with Gasteiger partial charge in [0.1, 0.15) is 5.75 Å². The summed E-state index contributed by atoms with van der Waals surface area (Å²) < 4.78 is 10.7. The number of aryl methyl sites for hydroxylation is 1. The van der Waals surface area contributed by atoms with Gasteiger partial charge in [-0.1, -0.05) is 28.4 Å². The molecule has 5 nitrogen and oxygen atoms in total. The number of benzene rings is 1. The van der Waals surface area contributed by atoms with Crippen molar-refractivity contribution < 1.29 is 14.1 Å². The lowest BCUT2D eigenvalue weighted by Gasteiger charge is -2.25. The summed E-state index contributed by atoms with van der Waals surface area (Å²) >= 11 is 11.8. The Hall–Kier alpha value is -1.72. The van der Waals surface area contributed by atoms with Crippen LogP contribution in [0.25, 0.3) is 0 Å². The second-order valence-corrected chi connectivity index (χ2v) is 5.94. The van der Waals surface area contributed by atoms with Crippen molar-refractivity contribution in [2.75, 3.05) is 13.2 Å². The SMILES string of the molecule is Cc1noc2c1CCN(C(=O)COc1ccc(Cl)cc1Cl)C2. The van der Waals surface area contributed by atoms with Gasteiger partial charge in [0.2, 0.25) is 0 Å². The molecule has 1 amide bonds. The van der Waals surface area contributed by atoms with Crippen molar-refractivity contribution >= 4 is 29.1 Å². The molecule has 0 bridgehead atoms. The standard InChI is InChI=1S/C15H14Cl2N2O3/c1-9-11-4-5-19(7-14(11)22-18-9)15(20)8-21-13-3-2-10(16)6-12(13)17/h2-3,6H,4-5,7-8H2,1H3. The van der Waals surface area contributed by atoms with Crippen LogP contribution in [0.4, 0.5) is 0 Å². The molecule has 0 saturated heterocycles. The normalized spacial score (nSPS) is 13.9. The lowest BCUT2D eigenvalue weighted by atomic mass is 10.1. The lowest BCUT2D eigenvalue weighted by Crippen LogP contribution is -2.38. The van der Waals surface area contributed by atoms with E-state index in [1.54, 1.807) is 23.1 Å². The molecule has 3 rings (SSSR count). The molecule has 2 heterocycles. The number of hydrogen-bond donors (Lipinski definition) is 0. The van der Waals surface area contributed by atoms with E-state index >= 15 is 0 Å². The lowest BCUT2D eigenvalue weighted by molar-refractivity contribution is -0.134. The average molecular weight is 341 g/mol. The number of rotatable bonds is 3. The molecular weight excluding hydrogens is 327 g/mol. The monoisotopic (exact) mass is 340 g/mol. The Morgan fingerprint density at radius 1 is 1.45 bits per heavy atom. The first-order chi connectivity index (χ1) is 10.5. The molecular formula is C15H14Cl2N2O3. The molecule has 0 N–H and O–H groups in total. The number of aromatic nitrogens is 1. The van der Waals surface area contributed by atoms with Gasteiger partial charge in [0.05, 0.1) is 17.3 Å². The van der Waals surface area contributed by atoms with E-state index in [-0.39, 0.29) is 12.5 Å². The highest BCUT2D eigenvalue weighted by Gasteiger charge is 2.25. The summed E-state index contributed by atoms with van der Waals surface area (Å²) in [5, 5.41) is 4.83. The van der Waals surface area contributed by atoms with Gasteiger partial charge < -0.3 is 14.2 Å². The minimum absolute atomic E-state index is 0.0796. The van der Waals surface area contributed by atoms with Crippen LogP contribution >= 0.6 is 23.2 Å². The maximum atomic E-state index is 12.2. The Balaban J connectivity index is 1.61. The average Bonchev–Trinajstić information content (AvgIpc) is 2.87. The van der Waals surface area contributed by atoms with Crippen molar-refractivity contribution in [2.45, 2.75) is 19.9 Å². The number of fused-ring (bicyclic) bond motifs is 1. The Kier molecular flexibility index (Phi) is 4.27. The van der Waals surface area contributed by atoms with E-state index in [2.05, 4.69) is 5.16 Å². The van der Waals surface area contributed by atoms with Crippen LogP contribution in [0.2, 0.25) is 10.0 Å². The Morgan fingerprint density at radius 2 is 2.27 bits per heavy atom. The van der Waals surface area contributed by atoms with Crippen molar-refractivity contribution in [3.8, 4) is 5.75 Å². The van der Waals surface area contributed by atoms with Gasteiger partial charge in [-0.3, -0.25) is 4.79 Å². The number of halogens is 2. The van der Waals surface area contributed by atoms with Gasteiger partial charge in [0, 0.05) is 17.1 Å². The molecule has 0 saturated carbocycles. The first-order valence-electron chi connectivity index (χ1n) is 6.84. The third-order valence-electron chi connectivity index (χ3n) is 3.63. The van der Waals surface area contributed by atoms with Crippen LogP contribution in [0.1, 0.15) is 17.0 Å². The van der Waals surface area contributed by atoms with E-state index < -0.39 is 0 Å². The Labute approximate surface area is 137 Å². The fourth-order valence-corrected chi connectivity index (χ4v) is 2.88. The summed E-state index contributed by atoms with van der Waals surface area (Å²) in [6, 6.07) is 4.89. The van der Waals surface area contributed by atoms with Gasteiger partial charge in [0.25, 0.3) is 5.91 Å². The zero-order valence-electron chi connectivity index (χ0n) is 11.9. The number of nitrogens with zero attached hydrogens (tertiary/aromatic N) is 2. The number of ether oxygens (including phenoxy) is 1. The van der Waals surface area contributed by atoms with E-state index in [1.807, 2.05) is 6.92 Å². The third-order valence-corrected chi connectivity index (χ3v) is 4.16. The molecule has 116 valence electrons. The van der Waals surface area contributed by atoms with Crippen molar-refractivity contribution in [1.82, 2.24) is 10.1 Å². The maximum absolute atomic E-state index is 12.2. The molecule has 1 aromatic heterocycles. The molecule has 1 aliphatic rings. The smallest absolute Gasteiger partial charge is 0.260 e. The second kappa shape index (κ2) is 6.18. The predicted octanol–water partition coefficient (Wildman–Crippen LogP) is 3.25. The zero-order chi connectivity index (χ0) is 15.7. The highest BCUT2D eigenvalue weighted by molar-refractivity contribution is 6.35. The fraction of sp³-hybridized carbons (Fsp3) is 0.333. The van der Waals surface area contributed by atoms with Crippen LogP contribution in [0.3, 0.4) is 0 Å². The van der Waals surface area contributed by atoms with Gasteiger partial charge in [-0.15, -0.1) is 0 Å². The predicted molar refractivity (Wildman–Crippen MR) is 82.3 cm³/mol. The van der Waals surface area contributed by atoms with Crippen LogP contribution in [0.5, 0.6) is 5.75 Å². The van der Waals surface area contributed by atoms with E-state index in [1.165, 1.54) is 0 Å². The van der Waals surface area contributed by atoms with Crippen LogP contribution in [-0.4, -0.2) is 29.1 Å². The molecule has 1 aromatic carbocycles. The summed E-state index contributed by atoms with van der Waals surface area (Å²) in [6.07, 6.45) is 0.748. The molecule has 1 aliphatic heterocycles. The summed E-state index contributed by atoms with van der Waals surface area (Å²) in [4.78, 5) is 13.9. The minimum atomic E-state index is -0.120. The van der Waals surface area contributed by atoms with Gasteiger partial charge in [0.15, 0.2) is 12.4 Å². The highest BCUT2D eigenvalue weighted by atomic mass is 35.5. The molecule has 0 spiro atoms. The minimum Gasteiger partial charge on any atom is -0.482 e. The molecule has 0 aliphatic carbocycles. The number of amides is 1. The largest absolute Gasteiger partial charge is 0.482 e. The Bertz CT molecular complexity index is 715. The molecule has 0 fully saturated rings. The summed E-state index contributed by atoms with van der Waals surface area (Å²) in [7, 11) is 0. The highest BCUT2D eigenvalue weighted by Crippen LogP contribution is 2.28. The van der Waals surface area contributed by atoms with Crippen molar-refractivity contribution in [1.29, 1.82) is 0 Å². The summed E-state index contributed by atoms with van der Waals surface area (Å²) in [5.74, 6) is 1.07. The van der Waals surface area contributed by atoms with Crippen LogP contribution in [0.15, 0.2) is 22.7 Å². The van der Waals surface area contributed by atoms with Crippen molar-refractivity contribution in [2.24, 2.45) is 0 Å². The molecule has 0 unspecified atom stereocenters. The zero-order valence-corrected chi connectivity index (χ0v) is 13.4. The summed E-state index contributed by atoms with van der Waals surface area (Å²) in [6.45, 7) is 2.88. The van der Waals surface area contributed by atoms with Gasteiger partial charge in [-0.05, 0) is 31.5 Å².